The summed E-state index contributed by atoms with van der Waals surface area (Å²) in [7, 11) is 0. The maximum absolute atomic E-state index is 13.0. The van der Waals surface area contributed by atoms with Gasteiger partial charge in [0.15, 0.2) is 0 Å². The van der Waals surface area contributed by atoms with Crippen LogP contribution in [-0.2, 0) is 6.61 Å². The fourth-order valence-corrected chi connectivity index (χ4v) is 2.02. The third-order valence-corrected chi connectivity index (χ3v) is 3.09. The van der Waals surface area contributed by atoms with E-state index >= 15 is 0 Å². The van der Waals surface area contributed by atoms with E-state index in [1.807, 2.05) is 6.92 Å². The molecular formula is C15H14ClF2NO. The van der Waals surface area contributed by atoms with Gasteiger partial charge in [-0.15, -0.1) is 0 Å². The van der Waals surface area contributed by atoms with Gasteiger partial charge in [-0.05, 0) is 42.3 Å². The van der Waals surface area contributed by atoms with Crippen LogP contribution in [0.3, 0.4) is 0 Å². The average molecular weight is 298 g/mol. The summed E-state index contributed by atoms with van der Waals surface area (Å²) in [6.45, 7) is 1.88. The second kappa shape index (κ2) is 6.20. The van der Waals surface area contributed by atoms with Crippen molar-refractivity contribution in [2.24, 2.45) is 5.73 Å². The molecule has 106 valence electrons. The van der Waals surface area contributed by atoms with Crippen LogP contribution in [0.4, 0.5) is 8.78 Å². The number of rotatable bonds is 4. The van der Waals surface area contributed by atoms with Crippen molar-refractivity contribution in [3.8, 4) is 5.75 Å². The van der Waals surface area contributed by atoms with Crippen LogP contribution in [0.5, 0.6) is 5.75 Å². The molecule has 0 aliphatic heterocycles. The summed E-state index contributed by atoms with van der Waals surface area (Å²) in [5, 5.41) is 0.414. The molecule has 0 aliphatic rings. The molecule has 0 unspecified atom stereocenters. The number of ether oxygens (including phenoxy) is 1. The van der Waals surface area contributed by atoms with E-state index in [9.17, 15) is 8.78 Å². The van der Waals surface area contributed by atoms with Gasteiger partial charge in [0.1, 0.15) is 24.0 Å². The minimum Gasteiger partial charge on any atom is -0.487 e. The molecule has 0 heterocycles. The molecule has 2 N–H and O–H groups in total. The topological polar surface area (TPSA) is 35.2 Å². The molecule has 2 aromatic rings. The molecule has 0 amide bonds. The van der Waals surface area contributed by atoms with Gasteiger partial charge in [0, 0.05) is 12.1 Å². The average Bonchev–Trinajstić information content (AvgIpc) is 2.36. The molecule has 2 nitrogen and oxygen atoms in total. The normalized spacial score (nSPS) is 12.2. The first kappa shape index (κ1) is 14.8. The lowest BCUT2D eigenvalue weighted by molar-refractivity contribution is 0.305. The standard InChI is InChI=1S/C15H14ClF2NO/c1-9(19)11-2-3-15(14(16)6-11)20-8-10-4-12(17)7-13(18)5-10/h2-7,9H,8,19H2,1H3/t9-/m0/s1. The molecule has 2 aromatic carbocycles. The molecule has 20 heavy (non-hydrogen) atoms. The predicted octanol–water partition coefficient (Wildman–Crippen LogP) is 4.22. The van der Waals surface area contributed by atoms with Crippen molar-refractivity contribution in [1.29, 1.82) is 0 Å². The maximum Gasteiger partial charge on any atom is 0.138 e. The molecule has 0 radical (unpaired) electrons. The van der Waals surface area contributed by atoms with E-state index < -0.39 is 11.6 Å². The van der Waals surface area contributed by atoms with E-state index in [2.05, 4.69) is 0 Å². The molecule has 0 spiro atoms. The van der Waals surface area contributed by atoms with Crippen molar-refractivity contribution >= 4 is 11.6 Å². The summed E-state index contributed by atoms with van der Waals surface area (Å²) < 4.78 is 31.5. The smallest absolute Gasteiger partial charge is 0.138 e. The van der Waals surface area contributed by atoms with Crippen LogP contribution in [0.1, 0.15) is 24.1 Å². The van der Waals surface area contributed by atoms with Gasteiger partial charge in [-0.1, -0.05) is 17.7 Å². The third-order valence-electron chi connectivity index (χ3n) is 2.80. The first-order valence-corrected chi connectivity index (χ1v) is 6.46. The lowest BCUT2D eigenvalue weighted by Gasteiger charge is -2.11. The highest BCUT2D eigenvalue weighted by molar-refractivity contribution is 6.32. The molecule has 0 bridgehead atoms. The van der Waals surface area contributed by atoms with E-state index in [-0.39, 0.29) is 12.6 Å². The molecule has 1 atom stereocenters. The molecular weight excluding hydrogens is 284 g/mol. The monoisotopic (exact) mass is 297 g/mol. The van der Waals surface area contributed by atoms with Crippen molar-refractivity contribution in [1.82, 2.24) is 0 Å². The Morgan fingerprint density at radius 2 is 1.80 bits per heavy atom. The van der Waals surface area contributed by atoms with Crippen LogP contribution in [0, 0.1) is 11.6 Å². The van der Waals surface area contributed by atoms with E-state index in [0.29, 0.717) is 16.3 Å². The van der Waals surface area contributed by atoms with E-state index in [1.54, 1.807) is 18.2 Å². The van der Waals surface area contributed by atoms with E-state index in [1.165, 1.54) is 12.1 Å². The summed E-state index contributed by atoms with van der Waals surface area (Å²) >= 11 is 6.07. The Morgan fingerprint density at radius 3 is 2.35 bits per heavy atom. The number of benzene rings is 2. The maximum atomic E-state index is 13.0. The quantitative estimate of drug-likeness (QED) is 0.917. The molecule has 0 saturated carbocycles. The largest absolute Gasteiger partial charge is 0.487 e. The molecule has 0 saturated heterocycles. The Balaban J connectivity index is 2.11. The van der Waals surface area contributed by atoms with Gasteiger partial charge in [-0.3, -0.25) is 0 Å². The minimum absolute atomic E-state index is 0.0337. The first-order chi connectivity index (χ1) is 9.45. The van der Waals surface area contributed by atoms with Crippen LogP contribution >= 0.6 is 11.6 Å². The SMILES string of the molecule is C[C@H](N)c1ccc(OCc2cc(F)cc(F)c2)c(Cl)c1. The summed E-state index contributed by atoms with van der Waals surface area (Å²) in [5.41, 5.74) is 7.03. The molecule has 0 aliphatic carbocycles. The third kappa shape index (κ3) is 3.68. The first-order valence-electron chi connectivity index (χ1n) is 6.08. The molecule has 5 heteroatoms. The number of nitrogens with two attached hydrogens (primary N) is 1. The summed E-state index contributed by atoms with van der Waals surface area (Å²) in [5.74, 6) is -0.829. The zero-order valence-corrected chi connectivity index (χ0v) is 11.6. The van der Waals surface area contributed by atoms with Crippen LogP contribution < -0.4 is 10.5 Å². The van der Waals surface area contributed by atoms with Crippen molar-refractivity contribution in [2.75, 3.05) is 0 Å². The molecule has 2 rings (SSSR count). The van der Waals surface area contributed by atoms with Crippen molar-refractivity contribution in [3.05, 3.63) is 64.2 Å². The van der Waals surface area contributed by atoms with Gasteiger partial charge in [0.25, 0.3) is 0 Å². The van der Waals surface area contributed by atoms with Crippen LogP contribution in [0.15, 0.2) is 36.4 Å². The summed E-state index contributed by atoms with van der Waals surface area (Å²) in [4.78, 5) is 0. The van der Waals surface area contributed by atoms with E-state index in [0.717, 1.165) is 11.6 Å². The Hall–Kier alpha value is -1.65. The Bertz CT molecular complexity index is 597. The van der Waals surface area contributed by atoms with E-state index in [4.69, 9.17) is 22.1 Å². The zero-order chi connectivity index (χ0) is 14.7. The van der Waals surface area contributed by atoms with Crippen LogP contribution in [0.2, 0.25) is 5.02 Å². The summed E-state index contributed by atoms with van der Waals surface area (Å²) in [6, 6.07) is 8.33. The summed E-state index contributed by atoms with van der Waals surface area (Å²) in [6.07, 6.45) is 0. The fourth-order valence-electron chi connectivity index (χ4n) is 1.77. The van der Waals surface area contributed by atoms with Crippen LogP contribution in [0.25, 0.3) is 0 Å². The van der Waals surface area contributed by atoms with Gasteiger partial charge in [0.2, 0.25) is 0 Å². The van der Waals surface area contributed by atoms with Crippen molar-refractivity contribution in [2.45, 2.75) is 19.6 Å². The highest BCUT2D eigenvalue weighted by Crippen LogP contribution is 2.28. The second-order valence-corrected chi connectivity index (χ2v) is 4.95. The highest BCUT2D eigenvalue weighted by Gasteiger charge is 2.07. The lowest BCUT2D eigenvalue weighted by Crippen LogP contribution is -2.05. The van der Waals surface area contributed by atoms with Gasteiger partial charge in [0.05, 0.1) is 5.02 Å². The molecule has 0 aromatic heterocycles. The number of hydrogen-bond donors (Lipinski definition) is 1. The van der Waals surface area contributed by atoms with Crippen molar-refractivity contribution < 1.29 is 13.5 Å². The lowest BCUT2D eigenvalue weighted by atomic mass is 10.1. The number of hydrogen-bond acceptors (Lipinski definition) is 2. The fraction of sp³-hybridized carbons (Fsp3) is 0.200. The van der Waals surface area contributed by atoms with Gasteiger partial charge >= 0.3 is 0 Å². The minimum atomic E-state index is -0.637. The predicted molar refractivity (Wildman–Crippen MR) is 74.7 cm³/mol. The van der Waals surface area contributed by atoms with Crippen molar-refractivity contribution in [3.63, 3.8) is 0 Å². The Morgan fingerprint density at radius 1 is 1.15 bits per heavy atom. The number of halogens is 3. The van der Waals surface area contributed by atoms with Gasteiger partial charge in [-0.2, -0.15) is 0 Å². The highest BCUT2D eigenvalue weighted by atomic mass is 35.5. The van der Waals surface area contributed by atoms with Crippen LogP contribution in [-0.4, -0.2) is 0 Å². The molecule has 0 fully saturated rings. The zero-order valence-electron chi connectivity index (χ0n) is 10.9. The second-order valence-electron chi connectivity index (χ2n) is 4.54. The van der Waals surface area contributed by atoms with Gasteiger partial charge < -0.3 is 10.5 Å². The Labute approximate surface area is 121 Å². The van der Waals surface area contributed by atoms with Gasteiger partial charge in [-0.25, -0.2) is 8.78 Å². The Kier molecular flexibility index (Phi) is 4.57.